The van der Waals surface area contributed by atoms with Gasteiger partial charge in [0.05, 0.1) is 0 Å². The van der Waals surface area contributed by atoms with Crippen molar-refractivity contribution in [1.29, 1.82) is 0 Å². The molecule has 2 N–H and O–H groups in total. The molecule has 0 heterocycles. The average Bonchev–Trinajstić information content (AvgIpc) is 2.38. The number of rotatable bonds is 4. The van der Waals surface area contributed by atoms with Crippen LogP contribution in [0.3, 0.4) is 0 Å². The van der Waals surface area contributed by atoms with Gasteiger partial charge in [-0.25, -0.2) is 0 Å². The molecule has 1 aromatic rings. The van der Waals surface area contributed by atoms with E-state index in [1.165, 1.54) is 30.2 Å². The summed E-state index contributed by atoms with van der Waals surface area (Å²) >= 11 is 0. The van der Waals surface area contributed by atoms with E-state index in [1.54, 1.807) is 6.07 Å². The van der Waals surface area contributed by atoms with E-state index in [0.29, 0.717) is 12.0 Å². The van der Waals surface area contributed by atoms with Gasteiger partial charge in [-0.15, -0.1) is 13.2 Å². The molecule has 0 spiro atoms. The second-order valence-electron chi connectivity index (χ2n) is 5.04. The van der Waals surface area contributed by atoms with Crippen LogP contribution in [-0.2, 0) is 0 Å². The summed E-state index contributed by atoms with van der Waals surface area (Å²) in [5.41, 5.74) is 8.04. The Labute approximate surface area is 116 Å². The van der Waals surface area contributed by atoms with Crippen LogP contribution >= 0.6 is 0 Å². The van der Waals surface area contributed by atoms with Gasteiger partial charge in [0.2, 0.25) is 0 Å². The molecule has 1 aromatic carbocycles. The molecule has 1 unspecified atom stereocenters. The summed E-state index contributed by atoms with van der Waals surface area (Å²) in [5.74, 6) is -0.219. The second-order valence-corrected chi connectivity index (χ2v) is 5.04. The highest BCUT2D eigenvalue weighted by molar-refractivity contribution is 5.31. The Hall–Kier alpha value is -1.49. The molecular weight excluding hydrogens is 267 g/mol. The van der Waals surface area contributed by atoms with Gasteiger partial charge in [0.25, 0.3) is 0 Å². The normalized spacial score (nSPS) is 17.5. The van der Waals surface area contributed by atoms with Crippen LogP contribution in [0, 0.1) is 0 Å². The number of nitrogens with two attached hydrogens (primary N) is 1. The van der Waals surface area contributed by atoms with Gasteiger partial charge in [0.15, 0.2) is 0 Å². The Morgan fingerprint density at radius 1 is 1.25 bits per heavy atom. The van der Waals surface area contributed by atoms with E-state index in [2.05, 4.69) is 10.8 Å². The molecule has 0 bridgehead atoms. The minimum absolute atomic E-state index is 0.219. The van der Waals surface area contributed by atoms with E-state index < -0.39 is 6.36 Å². The predicted octanol–water partition coefficient (Wildman–Crippen LogP) is 4.48. The zero-order valence-corrected chi connectivity index (χ0v) is 11.1. The van der Waals surface area contributed by atoms with E-state index in [4.69, 9.17) is 5.73 Å². The van der Waals surface area contributed by atoms with E-state index >= 15 is 0 Å². The SMILES string of the molecule is NC(CC1=CCCCC1)c1cccc(OC(F)(F)F)c1. The van der Waals surface area contributed by atoms with Crippen molar-refractivity contribution in [2.24, 2.45) is 5.73 Å². The van der Waals surface area contributed by atoms with E-state index in [9.17, 15) is 13.2 Å². The minimum Gasteiger partial charge on any atom is -0.406 e. The lowest BCUT2D eigenvalue weighted by Gasteiger charge is -2.18. The smallest absolute Gasteiger partial charge is 0.406 e. The first-order valence-electron chi connectivity index (χ1n) is 6.73. The average molecular weight is 285 g/mol. The van der Waals surface area contributed by atoms with Gasteiger partial charge < -0.3 is 10.5 Å². The molecular formula is C15H18F3NO. The first kappa shape index (κ1) is 14.9. The summed E-state index contributed by atoms with van der Waals surface area (Å²) in [6.07, 6.45) is 2.68. The van der Waals surface area contributed by atoms with Crippen LogP contribution in [0.15, 0.2) is 35.9 Å². The first-order valence-corrected chi connectivity index (χ1v) is 6.73. The van der Waals surface area contributed by atoms with Crippen molar-refractivity contribution in [3.63, 3.8) is 0 Å². The van der Waals surface area contributed by atoms with Crippen molar-refractivity contribution in [1.82, 2.24) is 0 Å². The molecule has 0 radical (unpaired) electrons. The lowest BCUT2D eigenvalue weighted by Crippen LogP contribution is -2.18. The van der Waals surface area contributed by atoms with Crippen molar-refractivity contribution in [2.45, 2.75) is 44.5 Å². The van der Waals surface area contributed by atoms with E-state index in [1.807, 2.05) is 0 Å². The van der Waals surface area contributed by atoms with Crippen molar-refractivity contribution < 1.29 is 17.9 Å². The number of benzene rings is 1. The summed E-state index contributed by atoms with van der Waals surface area (Å²) in [4.78, 5) is 0. The van der Waals surface area contributed by atoms with Gasteiger partial charge in [-0.2, -0.15) is 0 Å². The number of ether oxygens (including phenoxy) is 1. The quantitative estimate of drug-likeness (QED) is 0.828. The monoisotopic (exact) mass is 285 g/mol. The maximum absolute atomic E-state index is 12.2. The highest BCUT2D eigenvalue weighted by Gasteiger charge is 2.31. The Morgan fingerprint density at radius 3 is 2.70 bits per heavy atom. The highest BCUT2D eigenvalue weighted by Crippen LogP contribution is 2.29. The first-order chi connectivity index (χ1) is 9.44. The second kappa shape index (κ2) is 6.31. The molecule has 0 aliphatic heterocycles. The van der Waals surface area contributed by atoms with Crippen molar-refractivity contribution >= 4 is 0 Å². The maximum Gasteiger partial charge on any atom is 0.573 e. The Bertz CT molecular complexity index is 482. The van der Waals surface area contributed by atoms with Crippen LogP contribution in [0.5, 0.6) is 5.75 Å². The van der Waals surface area contributed by atoms with Crippen molar-refractivity contribution in [3.05, 3.63) is 41.5 Å². The van der Waals surface area contributed by atoms with Gasteiger partial charge in [0, 0.05) is 6.04 Å². The maximum atomic E-state index is 12.2. The van der Waals surface area contributed by atoms with Gasteiger partial charge in [-0.1, -0.05) is 23.8 Å². The van der Waals surface area contributed by atoms with Crippen LogP contribution in [0.25, 0.3) is 0 Å². The van der Waals surface area contributed by atoms with Crippen molar-refractivity contribution in [3.8, 4) is 5.75 Å². The molecule has 0 saturated heterocycles. The topological polar surface area (TPSA) is 35.2 Å². The summed E-state index contributed by atoms with van der Waals surface area (Å²) in [6, 6.07) is 5.62. The van der Waals surface area contributed by atoms with E-state index in [-0.39, 0.29) is 11.8 Å². The molecule has 2 rings (SSSR count). The van der Waals surface area contributed by atoms with Crippen LogP contribution in [0.1, 0.15) is 43.7 Å². The van der Waals surface area contributed by atoms with Gasteiger partial charge in [-0.3, -0.25) is 0 Å². The third kappa shape index (κ3) is 4.56. The summed E-state index contributed by atoms with van der Waals surface area (Å²) in [7, 11) is 0. The standard InChI is InChI=1S/C15H18F3NO/c16-15(17,18)20-13-8-4-7-12(10-13)14(19)9-11-5-2-1-3-6-11/h4-5,7-8,10,14H,1-3,6,9,19H2. The zero-order valence-electron chi connectivity index (χ0n) is 11.1. The molecule has 110 valence electrons. The lowest BCUT2D eigenvalue weighted by atomic mass is 9.92. The molecule has 5 heteroatoms. The Kier molecular flexibility index (Phi) is 4.70. The molecule has 20 heavy (non-hydrogen) atoms. The third-order valence-electron chi connectivity index (χ3n) is 3.39. The van der Waals surface area contributed by atoms with Gasteiger partial charge in [-0.05, 0) is 49.8 Å². The Morgan fingerprint density at radius 2 is 2.05 bits per heavy atom. The fourth-order valence-electron chi connectivity index (χ4n) is 2.43. The summed E-state index contributed by atoms with van der Waals surface area (Å²) < 4.78 is 40.5. The largest absolute Gasteiger partial charge is 0.573 e. The minimum atomic E-state index is -4.67. The third-order valence-corrected chi connectivity index (χ3v) is 3.39. The number of hydrogen-bond acceptors (Lipinski definition) is 2. The zero-order chi connectivity index (χ0) is 14.6. The molecule has 0 fully saturated rings. The van der Waals surface area contributed by atoms with Crippen LogP contribution in [-0.4, -0.2) is 6.36 Å². The molecule has 1 aliphatic rings. The van der Waals surface area contributed by atoms with Gasteiger partial charge >= 0.3 is 6.36 Å². The summed E-state index contributed by atoms with van der Waals surface area (Å²) in [5, 5.41) is 0. The number of hydrogen-bond donors (Lipinski definition) is 1. The molecule has 2 nitrogen and oxygen atoms in total. The fraction of sp³-hybridized carbons (Fsp3) is 0.467. The predicted molar refractivity (Wildman–Crippen MR) is 71.2 cm³/mol. The molecule has 1 atom stereocenters. The molecule has 1 aliphatic carbocycles. The van der Waals surface area contributed by atoms with E-state index in [0.717, 1.165) is 19.3 Å². The van der Waals surface area contributed by atoms with Crippen LogP contribution in [0.2, 0.25) is 0 Å². The van der Waals surface area contributed by atoms with Gasteiger partial charge in [0.1, 0.15) is 5.75 Å². The molecule has 0 amide bonds. The molecule has 0 aromatic heterocycles. The number of halogens is 3. The Balaban J connectivity index is 2.04. The lowest BCUT2D eigenvalue weighted by molar-refractivity contribution is -0.274. The summed E-state index contributed by atoms with van der Waals surface area (Å²) in [6.45, 7) is 0. The number of alkyl halides is 3. The van der Waals surface area contributed by atoms with Crippen LogP contribution in [0.4, 0.5) is 13.2 Å². The van der Waals surface area contributed by atoms with Crippen LogP contribution < -0.4 is 10.5 Å². The fourth-order valence-corrected chi connectivity index (χ4v) is 2.43. The van der Waals surface area contributed by atoms with Crippen molar-refractivity contribution in [2.75, 3.05) is 0 Å². The number of allylic oxidation sites excluding steroid dienone is 1. The highest BCUT2D eigenvalue weighted by atomic mass is 19.4. The molecule has 0 saturated carbocycles.